The van der Waals surface area contributed by atoms with Crippen LogP contribution < -0.4 is 5.32 Å². The normalized spacial score (nSPS) is 11.2. The Bertz CT molecular complexity index is 1890. The van der Waals surface area contributed by atoms with E-state index in [1.54, 1.807) is 6.92 Å². The molecule has 0 bridgehead atoms. The van der Waals surface area contributed by atoms with Gasteiger partial charge in [0.2, 0.25) is 0 Å². The molecule has 10 nitrogen and oxygen atoms in total. The SMILES string of the molecule is CCCN(CCC)CCCCN(CC(=O)OCC)Cc1ccc(CN=Cc2ccccc2)cc1.CCCN(CCC)CCCCNCc1ccc(CN=Cc2ccccc2)cc1.CCOC(=O)CBr. The molecule has 0 atom stereocenters. The smallest absolute Gasteiger partial charge is 0.320 e. The zero-order chi connectivity index (χ0) is 50.0. The van der Waals surface area contributed by atoms with E-state index in [1.165, 1.54) is 93.5 Å². The van der Waals surface area contributed by atoms with Crippen LogP contribution in [0.2, 0.25) is 0 Å². The van der Waals surface area contributed by atoms with Crippen molar-refractivity contribution >= 4 is 40.3 Å². The first-order valence-electron chi connectivity index (χ1n) is 25.8. The van der Waals surface area contributed by atoms with Crippen LogP contribution in [0.4, 0.5) is 0 Å². The van der Waals surface area contributed by atoms with Crippen LogP contribution in [0, 0.1) is 0 Å². The minimum absolute atomic E-state index is 0.145. The lowest BCUT2D eigenvalue weighted by atomic mass is 10.1. The topological polar surface area (TPSA) is 99.1 Å². The van der Waals surface area contributed by atoms with Gasteiger partial charge in [0.05, 0.1) is 32.8 Å². The molecule has 0 aromatic heterocycles. The van der Waals surface area contributed by atoms with Crippen LogP contribution in [0.3, 0.4) is 0 Å². The van der Waals surface area contributed by atoms with Gasteiger partial charge in [-0.25, -0.2) is 0 Å². The van der Waals surface area contributed by atoms with Crippen molar-refractivity contribution in [3.8, 4) is 0 Å². The van der Waals surface area contributed by atoms with E-state index in [9.17, 15) is 9.59 Å². The highest BCUT2D eigenvalue weighted by Gasteiger charge is 2.13. The highest BCUT2D eigenvalue weighted by Crippen LogP contribution is 2.12. The van der Waals surface area contributed by atoms with Crippen molar-refractivity contribution in [2.75, 3.05) is 77.4 Å². The Morgan fingerprint density at radius 1 is 0.507 bits per heavy atom. The van der Waals surface area contributed by atoms with E-state index < -0.39 is 0 Å². The number of alkyl halides is 1. The summed E-state index contributed by atoms with van der Waals surface area (Å²) in [5.74, 6) is -0.351. The van der Waals surface area contributed by atoms with Crippen molar-refractivity contribution < 1.29 is 19.1 Å². The second kappa shape index (κ2) is 41.3. The van der Waals surface area contributed by atoms with Crippen LogP contribution in [-0.2, 0) is 45.2 Å². The minimum atomic E-state index is -0.206. The first kappa shape index (κ1) is 60.6. The molecule has 0 saturated carbocycles. The van der Waals surface area contributed by atoms with E-state index in [4.69, 9.17) is 4.74 Å². The third kappa shape index (κ3) is 31.4. The number of hydrogen-bond acceptors (Lipinski definition) is 10. The molecule has 380 valence electrons. The first-order valence-corrected chi connectivity index (χ1v) is 26.9. The molecule has 0 saturated heterocycles. The molecule has 4 aromatic carbocycles. The number of benzene rings is 4. The van der Waals surface area contributed by atoms with E-state index >= 15 is 0 Å². The quantitative estimate of drug-likeness (QED) is 0.0218. The van der Waals surface area contributed by atoms with Gasteiger partial charge < -0.3 is 24.6 Å². The number of rotatable bonds is 33. The molecule has 0 fully saturated rings. The van der Waals surface area contributed by atoms with Gasteiger partial charge in [-0.15, -0.1) is 0 Å². The van der Waals surface area contributed by atoms with Crippen LogP contribution in [-0.4, -0.2) is 117 Å². The van der Waals surface area contributed by atoms with Gasteiger partial charge in [-0.2, -0.15) is 0 Å². The van der Waals surface area contributed by atoms with Crippen molar-refractivity contribution in [2.45, 2.75) is 119 Å². The van der Waals surface area contributed by atoms with Gasteiger partial charge >= 0.3 is 11.9 Å². The summed E-state index contributed by atoms with van der Waals surface area (Å²) in [5, 5.41) is 3.87. The number of carbonyl (C=O) groups is 2. The molecule has 0 aliphatic rings. The monoisotopic (exact) mass is 1010 g/mol. The summed E-state index contributed by atoms with van der Waals surface area (Å²) in [4.78, 5) is 38.7. The van der Waals surface area contributed by atoms with E-state index in [-0.39, 0.29) is 11.9 Å². The number of hydrogen-bond donors (Lipinski definition) is 1. The molecule has 1 N–H and O–H groups in total. The molecule has 69 heavy (non-hydrogen) atoms. The maximum Gasteiger partial charge on any atom is 0.320 e. The summed E-state index contributed by atoms with van der Waals surface area (Å²) < 4.78 is 9.72. The van der Waals surface area contributed by atoms with E-state index in [0.29, 0.717) is 31.6 Å². The molecule has 0 unspecified atom stereocenters. The van der Waals surface area contributed by atoms with Crippen LogP contribution in [0.15, 0.2) is 119 Å². The van der Waals surface area contributed by atoms with Gasteiger partial charge in [-0.05, 0) is 151 Å². The lowest BCUT2D eigenvalue weighted by Crippen LogP contribution is -2.32. The number of esters is 2. The Morgan fingerprint density at radius 2 is 0.913 bits per heavy atom. The Labute approximate surface area is 426 Å². The van der Waals surface area contributed by atoms with Crippen molar-refractivity contribution in [2.24, 2.45) is 9.98 Å². The summed E-state index contributed by atoms with van der Waals surface area (Å²) in [6, 6.07) is 37.8. The number of nitrogens with zero attached hydrogens (tertiary/aromatic N) is 5. The predicted octanol–water partition coefficient (Wildman–Crippen LogP) is 11.8. The fourth-order valence-corrected chi connectivity index (χ4v) is 7.75. The molecule has 0 amide bonds. The third-order valence-electron chi connectivity index (χ3n) is 10.9. The molecular formula is C58H87BrN6O4. The van der Waals surface area contributed by atoms with Crippen molar-refractivity contribution in [3.63, 3.8) is 0 Å². The summed E-state index contributed by atoms with van der Waals surface area (Å²) in [6.07, 6.45) is 13.5. The maximum atomic E-state index is 12.2. The van der Waals surface area contributed by atoms with Crippen molar-refractivity contribution in [1.82, 2.24) is 20.0 Å². The summed E-state index contributed by atoms with van der Waals surface area (Å²) in [5.41, 5.74) is 7.24. The maximum absolute atomic E-state index is 12.2. The Morgan fingerprint density at radius 3 is 1.33 bits per heavy atom. The Balaban J connectivity index is 0.000000421. The number of nitrogens with one attached hydrogen (secondary N) is 1. The van der Waals surface area contributed by atoms with Crippen molar-refractivity contribution in [3.05, 3.63) is 143 Å². The van der Waals surface area contributed by atoms with Crippen LogP contribution in [0.1, 0.15) is 126 Å². The van der Waals surface area contributed by atoms with Crippen molar-refractivity contribution in [1.29, 1.82) is 0 Å². The largest absolute Gasteiger partial charge is 0.465 e. The zero-order valence-electron chi connectivity index (χ0n) is 43.3. The molecule has 0 aliphatic carbocycles. The van der Waals surface area contributed by atoms with Crippen LogP contribution >= 0.6 is 15.9 Å². The van der Waals surface area contributed by atoms with E-state index in [0.717, 1.165) is 63.2 Å². The summed E-state index contributed by atoms with van der Waals surface area (Å²) in [6.45, 7) is 26.1. The average molecular weight is 1010 g/mol. The highest BCUT2D eigenvalue weighted by atomic mass is 79.9. The number of aliphatic imine (C=N–C) groups is 2. The molecule has 11 heteroatoms. The molecule has 0 radical (unpaired) electrons. The van der Waals surface area contributed by atoms with Gasteiger partial charge in [0.1, 0.15) is 5.33 Å². The lowest BCUT2D eigenvalue weighted by Gasteiger charge is -2.24. The number of ether oxygens (including phenoxy) is 2. The summed E-state index contributed by atoms with van der Waals surface area (Å²) >= 11 is 2.94. The van der Waals surface area contributed by atoms with Gasteiger partial charge in [0.15, 0.2) is 0 Å². The molecular weight excluding hydrogens is 925 g/mol. The van der Waals surface area contributed by atoms with Gasteiger partial charge in [-0.3, -0.25) is 24.5 Å². The zero-order valence-corrected chi connectivity index (χ0v) is 44.9. The third-order valence-corrected chi connectivity index (χ3v) is 11.4. The fraction of sp³-hybridized carbons (Fsp3) is 0.517. The molecule has 0 spiro atoms. The Hall–Kier alpha value is -4.52. The minimum Gasteiger partial charge on any atom is -0.465 e. The van der Waals surface area contributed by atoms with E-state index in [2.05, 4.69) is 151 Å². The fourth-order valence-electron chi connectivity index (χ4n) is 7.59. The number of unbranched alkanes of at least 4 members (excludes halogenated alkanes) is 2. The van der Waals surface area contributed by atoms with Gasteiger partial charge in [0.25, 0.3) is 0 Å². The Kier molecular flexibility index (Phi) is 36.3. The summed E-state index contributed by atoms with van der Waals surface area (Å²) in [7, 11) is 0. The first-order chi connectivity index (χ1) is 33.8. The molecule has 4 aromatic rings. The molecule has 0 heterocycles. The second-order valence-corrected chi connectivity index (χ2v) is 17.7. The van der Waals surface area contributed by atoms with Gasteiger partial charge in [-0.1, -0.05) is 153 Å². The number of halogens is 1. The van der Waals surface area contributed by atoms with E-state index in [1.807, 2.05) is 55.8 Å². The standard InChI is InChI=1S/C29H43N3O2.C25H37N3.C4H7BrO2/c1-4-18-31(19-5-2)20-10-11-21-32(25-29(33)34-6-3)24-28-16-14-27(15-17-28)23-30-22-26-12-8-7-9-13-26;1-3-17-28(18-4-2)19-9-8-16-26-20-24-12-14-25(15-13-24)22-27-21-23-10-6-5-7-11-23;1-2-7-4(6)3-5/h7-9,12-17,22H,4-6,10-11,18-21,23-25H2,1-3H3;5-7,10-15,21,26H,3-4,8-9,16-20,22H2,1-2H3;2-3H2,1H3. The highest BCUT2D eigenvalue weighted by molar-refractivity contribution is 9.09. The molecule has 0 aliphatic heterocycles. The van der Waals surface area contributed by atoms with Crippen LogP contribution in [0.5, 0.6) is 0 Å². The second-order valence-electron chi connectivity index (χ2n) is 17.1. The van der Waals surface area contributed by atoms with Gasteiger partial charge in [0, 0.05) is 25.5 Å². The molecule has 4 rings (SSSR count). The predicted molar refractivity (Wildman–Crippen MR) is 295 cm³/mol. The van der Waals surface area contributed by atoms with Crippen LogP contribution in [0.25, 0.3) is 0 Å². The average Bonchev–Trinajstić information content (AvgIpc) is 3.36. The lowest BCUT2D eigenvalue weighted by molar-refractivity contribution is -0.144. The number of carbonyl (C=O) groups excluding carboxylic acids is 2.